The zero-order chi connectivity index (χ0) is 18.0. The fourth-order valence-electron chi connectivity index (χ4n) is 2.46. The number of nitrogens with zero attached hydrogens (tertiary/aromatic N) is 2. The third-order valence-electron chi connectivity index (χ3n) is 3.73. The average Bonchev–Trinajstić information content (AvgIpc) is 2.58. The van der Waals surface area contributed by atoms with Crippen LogP contribution in [-0.2, 0) is 12.7 Å². The van der Waals surface area contributed by atoms with E-state index in [0.717, 1.165) is 17.5 Å². The lowest BCUT2D eigenvalue weighted by Gasteiger charge is -2.11. The number of benzene rings is 1. The van der Waals surface area contributed by atoms with E-state index in [0.29, 0.717) is 22.5 Å². The topological polar surface area (TPSA) is 54.9 Å². The quantitative estimate of drug-likeness (QED) is 0.784. The first-order chi connectivity index (χ1) is 11.8. The molecule has 0 unspecified atom stereocenters. The minimum Gasteiger partial charge on any atom is -0.348 e. The van der Waals surface area contributed by atoms with Crippen LogP contribution in [0.25, 0.3) is 11.0 Å². The molecule has 0 fully saturated rings. The number of hydrogen-bond donors (Lipinski definition) is 1. The molecule has 0 saturated carbocycles. The van der Waals surface area contributed by atoms with Crippen LogP contribution in [0, 0.1) is 6.92 Å². The summed E-state index contributed by atoms with van der Waals surface area (Å²) in [6.45, 7) is 1.68. The molecule has 1 aromatic carbocycles. The molecular formula is C18H14F3N3O. The second kappa shape index (κ2) is 6.51. The lowest BCUT2D eigenvalue weighted by molar-refractivity contribution is -0.137. The third kappa shape index (κ3) is 3.76. The highest BCUT2D eigenvalue weighted by Crippen LogP contribution is 2.29. The zero-order valence-electron chi connectivity index (χ0n) is 13.3. The summed E-state index contributed by atoms with van der Waals surface area (Å²) < 4.78 is 38.2. The van der Waals surface area contributed by atoms with Crippen molar-refractivity contribution in [3.05, 3.63) is 71.0 Å². The Balaban J connectivity index is 1.78. The number of fused-ring (bicyclic) bond motifs is 1. The fourth-order valence-corrected chi connectivity index (χ4v) is 2.46. The minimum absolute atomic E-state index is 0.00668. The van der Waals surface area contributed by atoms with Gasteiger partial charge in [-0.2, -0.15) is 13.2 Å². The predicted octanol–water partition coefficient (Wildman–Crippen LogP) is 3.89. The monoisotopic (exact) mass is 345 g/mol. The molecule has 1 N–H and O–H groups in total. The molecule has 7 heteroatoms. The van der Waals surface area contributed by atoms with Gasteiger partial charge in [0.15, 0.2) is 5.65 Å². The molecule has 0 aliphatic heterocycles. The lowest BCUT2D eigenvalue weighted by atomic mass is 10.1. The first kappa shape index (κ1) is 16.9. The van der Waals surface area contributed by atoms with Gasteiger partial charge in [0.2, 0.25) is 0 Å². The molecule has 0 aliphatic carbocycles. The molecule has 0 radical (unpaired) electrons. The molecule has 4 nitrogen and oxygen atoms in total. The van der Waals surface area contributed by atoms with E-state index >= 15 is 0 Å². The second-order valence-corrected chi connectivity index (χ2v) is 5.55. The Bertz CT molecular complexity index is 938. The molecular weight excluding hydrogens is 331 g/mol. The molecule has 128 valence electrons. The van der Waals surface area contributed by atoms with E-state index in [2.05, 4.69) is 15.3 Å². The summed E-state index contributed by atoms with van der Waals surface area (Å²) in [6, 6.07) is 10.1. The maximum Gasteiger partial charge on any atom is 0.416 e. The first-order valence-electron chi connectivity index (χ1n) is 7.51. The number of halogens is 3. The maximum absolute atomic E-state index is 12.7. The van der Waals surface area contributed by atoms with Crippen molar-refractivity contribution in [3.8, 4) is 0 Å². The van der Waals surface area contributed by atoms with E-state index in [4.69, 9.17) is 0 Å². The summed E-state index contributed by atoms with van der Waals surface area (Å²) in [5.41, 5.74) is 1.04. The van der Waals surface area contributed by atoms with Crippen molar-refractivity contribution in [1.29, 1.82) is 0 Å². The van der Waals surface area contributed by atoms with Crippen molar-refractivity contribution in [2.24, 2.45) is 0 Å². The summed E-state index contributed by atoms with van der Waals surface area (Å²) in [5, 5.41) is 3.35. The van der Waals surface area contributed by atoms with Crippen LogP contribution in [0.15, 0.2) is 48.7 Å². The Labute approximate surface area is 141 Å². The highest BCUT2D eigenvalue weighted by Gasteiger charge is 2.30. The number of amides is 1. The van der Waals surface area contributed by atoms with Crippen LogP contribution in [0.2, 0.25) is 0 Å². The Hall–Kier alpha value is -2.96. The van der Waals surface area contributed by atoms with Crippen LogP contribution in [0.1, 0.15) is 27.2 Å². The standard InChI is InChI=1S/C18H14F3N3O/c1-11-15(9-13-5-3-7-22-16(13)24-11)17(25)23-10-12-4-2-6-14(8-12)18(19,20)21/h2-9H,10H2,1H3,(H,23,25). The summed E-state index contributed by atoms with van der Waals surface area (Å²) in [7, 11) is 0. The van der Waals surface area contributed by atoms with E-state index in [1.807, 2.05) is 0 Å². The van der Waals surface area contributed by atoms with Gasteiger partial charge in [-0.05, 0) is 42.8 Å². The van der Waals surface area contributed by atoms with Gasteiger partial charge in [0.25, 0.3) is 5.91 Å². The molecule has 3 aromatic rings. The largest absolute Gasteiger partial charge is 0.416 e. The Morgan fingerprint density at radius 3 is 2.72 bits per heavy atom. The number of nitrogens with one attached hydrogen (secondary N) is 1. The molecule has 0 spiro atoms. The number of carbonyl (C=O) groups is 1. The number of alkyl halides is 3. The van der Waals surface area contributed by atoms with E-state index in [9.17, 15) is 18.0 Å². The highest BCUT2D eigenvalue weighted by molar-refractivity contribution is 5.98. The Kier molecular flexibility index (Phi) is 4.39. The van der Waals surface area contributed by atoms with Crippen LogP contribution >= 0.6 is 0 Å². The second-order valence-electron chi connectivity index (χ2n) is 5.55. The predicted molar refractivity (Wildman–Crippen MR) is 86.9 cm³/mol. The van der Waals surface area contributed by atoms with Gasteiger partial charge >= 0.3 is 6.18 Å². The van der Waals surface area contributed by atoms with Crippen LogP contribution in [-0.4, -0.2) is 15.9 Å². The smallest absolute Gasteiger partial charge is 0.348 e. The van der Waals surface area contributed by atoms with E-state index in [1.54, 1.807) is 31.3 Å². The number of carbonyl (C=O) groups excluding carboxylic acids is 1. The number of aromatic nitrogens is 2. The zero-order valence-corrected chi connectivity index (χ0v) is 13.3. The SMILES string of the molecule is Cc1nc2ncccc2cc1C(=O)NCc1cccc(C(F)(F)F)c1. The molecule has 2 heterocycles. The van der Waals surface area contributed by atoms with Gasteiger partial charge in [0.1, 0.15) is 0 Å². The lowest BCUT2D eigenvalue weighted by Crippen LogP contribution is -2.24. The summed E-state index contributed by atoms with van der Waals surface area (Å²) in [5.74, 6) is -0.395. The molecule has 0 aliphatic rings. The van der Waals surface area contributed by atoms with Gasteiger partial charge in [-0.1, -0.05) is 12.1 Å². The van der Waals surface area contributed by atoms with Crippen LogP contribution in [0.4, 0.5) is 13.2 Å². The van der Waals surface area contributed by atoms with Gasteiger partial charge in [0.05, 0.1) is 16.8 Å². The summed E-state index contributed by atoms with van der Waals surface area (Å²) in [4.78, 5) is 20.8. The minimum atomic E-state index is -4.41. The number of hydrogen-bond acceptors (Lipinski definition) is 3. The number of rotatable bonds is 3. The van der Waals surface area contributed by atoms with E-state index in [-0.39, 0.29) is 6.54 Å². The van der Waals surface area contributed by atoms with Crippen molar-refractivity contribution in [3.63, 3.8) is 0 Å². The van der Waals surface area contributed by atoms with Crippen molar-refractivity contribution in [2.75, 3.05) is 0 Å². The third-order valence-corrected chi connectivity index (χ3v) is 3.73. The molecule has 1 amide bonds. The van der Waals surface area contributed by atoms with Crippen LogP contribution in [0.3, 0.4) is 0 Å². The summed E-state index contributed by atoms with van der Waals surface area (Å²) >= 11 is 0. The van der Waals surface area contributed by atoms with Gasteiger partial charge in [-0.15, -0.1) is 0 Å². The van der Waals surface area contributed by atoms with Crippen LogP contribution < -0.4 is 5.32 Å². The fraction of sp³-hybridized carbons (Fsp3) is 0.167. The van der Waals surface area contributed by atoms with Crippen molar-refractivity contribution in [2.45, 2.75) is 19.6 Å². The van der Waals surface area contributed by atoms with E-state index in [1.165, 1.54) is 12.1 Å². The molecule has 3 rings (SSSR count). The van der Waals surface area contributed by atoms with E-state index < -0.39 is 17.6 Å². The van der Waals surface area contributed by atoms with Gasteiger partial charge in [0, 0.05) is 18.1 Å². The number of aryl methyl sites for hydroxylation is 1. The Morgan fingerprint density at radius 1 is 1.16 bits per heavy atom. The van der Waals surface area contributed by atoms with Crippen LogP contribution in [0.5, 0.6) is 0 Å². The molecule has 25 heavy (non-hydrogen) atoms. The van der Waals surface area contributed by atoms with Crippen molar-refractivity contribution >= 4 is 16.9 Å². The van der Waals surface area contributed by atoms with Crippen molar-refractivity contribution < 1.29 is 18.0 Å². The van der Waals surface area contributed by atoms with Gasteiger partial charge < -0.3 is 5.32 Å². The molecule has 0 atom stereocenters. The Morgan fingerprint density at radius 2 is 1.96 bits per heavy atom. The maximum atomic E-state index is 12.7. The molecule has 0 saturated heterocycles. The first-order valence-corrected chi connectivity index (χ1v) is 7.51. The number of pyridine rings is 2. The molecule has 0 bridgehead atoms. The normalized spacial score (nSPS) is 11.5. The van der Waals surface area contributed by atoms with Gasteiger partial charge in [-0.3, -0.25) is 4.79 Å². The average molecular weight is 345 g/mol. The summed E-state index contributed by atoms with van der Waals surface area (Å²) in [6.07, 6.45) is -2.80. The van der Waals surface area contributed by atoms with Gasteiger partial charge in [-0.25, -0.2) is 9.97 Å². The van der Waals surface area contributed by atoms with Crippen molar-refractivity contribution in [1.82, 2.24) is 15.3 Å². The molecule has 2 aromatic heterocycles. The highest BCUT2D eigenvalue weighted by atomic mass is 19.4.